The monoisotopic (exact) mass is 514 g/mol. The Morgan fingerprint density at radius 1 is 1.10 bits per heavy atom. The van der Waals surface area contributed by atoms with Gasteiger partial charge in [-0.15, -0.1) is 0 Å². The van der Waals surface area contributed by atoms with E-state index in [0.29, 0.717) is 21.7 Å². The maximum Gasteiger partial charge on any atom is 0.261 e. The van der Waals surface area contributed by atoms with Gasteiger partial charge >= 0.3 is 0 Å². The van der Waals surface area contributed by atoms with Crippen molar-refractivity contribution in [1.82, 2.24) is 10.2 Å². The predicted octanol–water partition coefficient (Wildman–Crippen LogP) is 5.42. The summed E-state index contributed by atoms with van der Waals surface area (Å²) in [6, 6.07) is 10.2. The molecule has 0 heterocycles. The molecule has 0 radical (unpaired) electrons. The molecule has 8 heteroatoms. The van der Waals surface area contributed by atoms with E-state index in [2.05, 4.69) is 35.1 Å². The van der Waals surface area contributed by atoms with Crippen molar-refractivity contribution in [3.05, 3.63) is 62.0 Å². The topological polar surface area (TPSA) is 58.6 Å². The van der Waals surface area contributed by atoms with Gasteiger partial charge in [-0.3, -0.25) is 9.59 Å². The summed E-state index contributed by atoms with van der Waals surface area (Å²) in [4.78, 5) is 26.6. The Morgan fingerprint density at radius 3 is 2.37 bits per heavy atom. The normalized spacial score (nSPS) is 11.9. The zero-order valence-corrected chi connectivity index (χ0v) is 20.4. The number of nitrogens with one attached hydrogen (secondary N) is 1. The molecule has 5 nitrogen and oxygen atoms in total. The third kappa shape index (κ3) is 6.37. The molecule has 2 amide bonds. The number of carbonyl (C=O) groups is 2. The average Bonchev–Trinajstić information content (AvgIpc) is 2.72. The van der Waals surface area contributed by atoms with Gasteiger partial charge in [-0.1, -0.05) is 49.2 Å². The first-order chi connectivity index (χ1) is 14.1. The molecule has 162 valence electrons. The molecule has 2 aromatic carbocycles. The Hall–Kier alpha value is -1.76. The minimum atomic E-state index is -0.688. The summed E-state index contributed by atoms with van der Waals surface area (Å²) in [6.45, 7) is 5.87. The van der Waals surface area contributed by atoms with Crippen LogP contribution in [0.3, 0.4) is 0 Å². The Kier molecular flexibility index (Phi) is 9.01. The van der Waals surface area contributed by atoms with Crippen LogP contribution in [0, 0.1) is 0 Å². The largest absolute Gasteiger partial charge is 0.483 e. The van der Waals surface area contributed by atoms with E-state index in [1.807, 2.05) is 18.2 Å². The highest BCUT2D eigenvalue weighted by molar-refractivity contribution is 9.10. The van der Waals surface area contributed by atoms with Crippen LogP contribution >= 0.6 is 39.1 Å². The summed E-state index contributed by atoms with van der Waals surface area (Å²) in [7, 11) is 1.53. The molecule has 0 aliphatic carbocycles. The number of nitrogens with zero attached hydrogens (tertiary/aromatic N) is 1. The van der Waals surface area contributed by atoms with E-state index in [0.717, 1.165) is 15.6 Å². The van der Waals surface area contributed by atoms with E-state index in [-0.39, 0.29) is 25.0 Å². The first kappa shape index (κ1) is 24.5. The van der Waals surface area contributed by atoms with Crippen LogP contribution in [-0.2, 0) is 16.1 Å². The SMILES string of the molecule is CNC(=O)[C@H](C)N(Cc1ccc(Cl)c(Cl)c1)C(=O)COc1ccc(C(C)C)cc1Br. The van der Waals surface area contributed by atoms with Crippen LogP contribution in [0.1, 0.15) is 37.8 Å². The van der Waals surface area contributed by atoms with Crippen LogP contribution in [0.2, 0.25) is 10.0 Å². The highest BCUT2D eigenvalue weighted by Crippen LogP contribution is 2.29. The van der Waals surface area contributed by atoms with Crippen LogP contribution < -0.4 is 10.1 Å². The molecule has 0 unspecified atom stereocenters. The molecule has 30 heavy (non-hydrogen) atoms. The van der Waals surface area contributed by atoms with Gasteiger partial charge in [0.2, 0.25) is 5.91 Å². The third-order valence-electron chi connectivity index (χ3n) is 4.72. The van der Waals surface area contributed by atoms with E-state index in [4.69, 9.17) is 27.9 Å². The quantitative estimate of drug-likeness (QED) is 0.510. The second-order valence-corrected chi connectivity index (χ2v) is 8.86. The van der Waals surface area contributed by atoms with Crippen molar-refractivity contribution in [1.29, 1.82) is 0 Å². The zero-order valence-electron chi connectivity index (χ0n) is 17.3. The lowest BCUT2D eigenvalue weighted by molar-refractivity contribution is -0.142. The highest BCUT2D eigenvalue weighted by atomic mass is 79.9. The van der Waals surface area contributed by atoms with Crippen molar-refractivity contribution in [2.24, 2.45) is 0 Å². The number of benzene rings is 2. The molecule has 1 N–H and O–H groups in total. The predicted molar refractivity (Wildman–Crippen MR) is 124 cm³/mol. The Balaban J connectivity index is 2.17. The average molecular weight is 516 g/mol. The lowest BCUT2D eigenvalue weighted by Gasteiger charge is -2.28. The highest BCUT2D eigenvalue weighted by Gasteiger charge is 2.26. The van der Waals surface area contributed by atoms with E-state index in [1.165, 1.54) is 11.9 Å². The molecule has 0 saturated heterocycles. The summed E-state index contributed by atoms with van der Waals surface area (Å²) in [5.74, 6) is 0.352. The number of hydrogen-bond acceptors (Lipinski definition) is 3. The molecule has 0 spiro atoms. The summed E-state index contributed by atoms with van der Waals surface area (Å²) in [5.41, 5.74) is 1.92. The van der Waals surface area contributed by atoms with Gasteiger partial charge in [0.1, 0.15) is 11.8 Å². The lowest BCUT2D eigenvalue weighted by Crippen LogP contribution is -2.48. The van der Waals surface area contributed by atoms with Gasteiger partial charge in [-0.2, -0.15) is 0 Å². The summed E-state index contributed by atoms with van der Waals surface area (Å²) in [6.07, 6.45) is 0. The van der Waals surface area contributed by atoms with E-state index in [1.54, 1.807) is 25.1 Å². The van der Waals surface area contributed by atoms with Gasteiger partial charge in [0.05, 0.1) is 14.5 Å². The Bertz CT molecular complexity index is 921. The standard InChI is InChI=1S/C22H25BrCl2N2O3/c1-13(2)16-6-8-20(17(23)10-16)30-12-21(28)27(14(3)22(29)26-4)11-15-5-7-18(24)19(25)9-15/h5-10,13-14H,11-12H2,1-4H3,(H,26,29)/t14-/m0/s1. The van der Waals surface area contributed by atoms with Crippen LogP contribution in [0.5, 0.6) is 5.75 Å². The maximum absolute atomic E-state index is 13.0. The van der Waals surface area contributed by atoms with Gasteiger partial charge in [0.25, 0.3) is 5.91 Å². The molecular weight excluding hydrogens is 491 g/mol. The molecule has 0 aliphatic rings. The van der Waals surface area contributed by atoms with Gasteiger partial charge in [0, 0.05) is 13.6 Å². The van der Waals surface area contributed by atoms with Gasteiger partial charge < -0.3 is 15.0 Å². The van der Waals surface area contributed by atoms with Crippen molar-refractivity contribution in [3.8, 4) is 5.75 Å². The van der Waals surface area contributed by atoms with E-state index < -0.39 is 6.04 Å². The van der Waals surface area contributed by atoms with Crippen molar-refractivity contribution in [3.63, 3.8) is 0 Å². The van der Waals surface area contributed by atoms with Crippen molar-refractivity contribution in [2.45, 2.75) is 39.3 Å². The van der Waals surface area contributed by atoms with Gasteiger partial charge in [0.15, 0.2) is 6.61 Å². The molecule has 1 atom stereocenters. The number of ether oxygens (including phenoxy) is 1. The van der Waals surface area contributed by atoms with E-state index >= 15 is 0 Å². The molecular formula is C22H25BrCl2N2O3. The fourth-order valence-electron chi connectivity index (χ4n) is 2.84. The third-order valence-corrected chi connectivity index (χ3v) is 6.08. The van der Waals surface area contributed by atoms with Gasteiger partial charge in [-0.05, 0) is 64.2 Å². The first-order valence-corrected chi connectivity index (χ1v) is 11.1. The van der Waals surface area contributed by atoms with Crippen molar-refractivity contribution in [2.75, 3.05) is 13.7 Å². The number of carbonyl (C=O) groups excluding carboxylic acids is 2. The molecule has 0 bridgehead atoms. The Morgan fingerprint density at radius 2 is 1.80 bits per heavy atom. The number of likely N-dealkylation sites (N-methyl/N-ethyl adjacent to an activating group) is 1. The fraction of sp³-hybridized carbons (Fsp3) is 0.364. The molecule has 0 aromatic heterocycles. The molecule has 2 rings (SSSR count). The minimum Gasteiger partial charge on any atom is -0.483 e. The summed E-state index contributed by atoms with van der Waals surface area (Å²) < 4.78 is 6.52. The molecule has 2 aromatic rings. The molecule has 0 saturated carbocycles. The Labute approximate surface area is 195 Å². The van der Waals surface area contributed by atoms with Crippen LogP contribution in [0.15, 0.2) is 40.9 Å². The fourth-order valence-corrected chi connectivity index (χ4v) is 3.67. The number of halogens is 3. The second-order valence-electron chi connectivity index (χ2n) is 7.19. The van der Waals surface area contributed by atoms with Crippen LogP contribution in [0.4, 0.5) is 0 Å². The van der Waals surface area contributed by atoms with Crippen molar-refractivity contribution < 1.29 is 14.3 Å². The second kappa shape index (κ2) is 11.0. The zero-order chi connectivity index (χ0) is 22.4. The van der Waals surface area contributed by atoms with Crippen LogP contribution in [-0.4, -0.2) is 36.4 Å². The van der Waals surface area contributed by atoms with E-state index in [9.17, 15) is 9.59 Å². The maximum atomic E-state index is 13.0. The molecule has 0 aliphatic heterocycles. The van der Waals surface area contributed by atoms with Crippen LogP contribution in [0.25, 0.3) is 0 Å². The number of hydrogen-bond donors (Lipinski definition) is 1. The smallest absolute Gasteiger partial charge is 0.261 e. The summed E-state index contributed by atoms with van der Waals surface area (Å²) >= 11 is 15.6. The minimum absolute atomic E-state index is 0.196. The lowest BCUT2D eigenvalue weighted by atomic mass is 10.0. The molecule has 0 fully saturated rings. The van der Waals surface area contributed by atoms with Gasteiger partial charge in [-0.25, -0.2) is 0 Å². The number of rotatable bonds is 8. The van der Waals surface area contributed by atoms with Crippen molar-refractivity contribution >= 4 is 50.9 Å². The first-order valence-electron chi connectivity index (χ1n) is 9.51. The number of amides is 2. The summed E-state index contributed by atoms with van der Waals surface area (Å²) in [5, 5.41) is 3.39.